The molecule has 0 radical (unpaired) electrons. The molecular weight excluding hydrogens is 226 g/mol. The fraction of sp³-hybridized carbons (Fsp3) is 0.308. The van der Waals surface area contributed by atoms with Crippen LogP contribution in [0.15, 0.2) is 18.2 Å². The highest BCUT2D eigenvalue weighted by atomic mass is 15.4. The average molecular weight is 241 g/mol. The molecule has 0 aliphatic carbocycles. The summed E-state index contributed by atoms with van der Waals surface area (Å²) < 4.78 is 1.92. The smallest absolute Gasteiger partial charge is 0.104 e. The second-order valence-corrected chi connectivity index (χ2v) is 4.39. The Kier molecular flexibility index (Phi) is 2.40. The fourth-order valence-electron chi connectivity index (χ4n) is 2.26. The number of fused-ring (bicyclic) bond motifs is 1. The maximum absolute atomic E-state index is 4.41. The predicted molar refractivity (Wildman–Crippen MR) is 70.3 cm³/mol. The molecular formula is C13H15N5. The molecule has 3 rings (SSSR count). The number of rotatable bonds is 2. The highest BCUT2D eigenvalue weighted by Gasteiger charge is 2.11. The van der Waals surface area contributed by atoms with Crippen LogP contribution in [0.1, 0.15) is 18.4 Å². The minimum absolute atomic E-state index is 0.816. The molecule has 0 atom stereocenters. The van der Waals surface area contributed by atoms with Gasteiger partial charge in [0.1, 0.15) is 5.82 Å². The SMILES string of the molecule is CCn1nnc(C)c1-c1ccc2nc(C)[nH]c2c1. The van der Waals surface area contributed by atoms with Gasteiger partial charge in [-0.3, -0.25) is 0 Å². The van der Waals surface area contributed by atoms with Gasteiger partial charge < -0.3 is 4.98 Å². The number of imidazole rings is 1. The largest absolute Gasteiger partial charge is 0.342 e. The molecule has 0 aliphatic heterocycles. The van der Waals surface area contributed by atoms with Gasteiger partial charge in [0.15, 0.2) is 0 Å². The Hall–Kier alpha value is -2.17. The maximum Gasteiger partial charge on any atom is 0.104 e. The summed E-state index contributed by atoms with van der Waals surface area (Å²) in [6.07, 6.45) is 0. The topological polar surface area (TPSA) is 59.4 Å². The Morgan fingerprint density at radius 3 is 2.89 bits per heavy atom. The number of aromatic nitrogens is 5. The van der Waals surface area contributed by atoms with Crippen LogP contribution in [0.25, 0.3) is 22.3 Å². The molecule has 92 valence electrons. The Morgan fingerprint density at radius 1 is 1.28 bits per heavy atom. The molecule has 2 aromatic heterocycles. The van der Waals surface area contributed by atoms with Crippen molar-refractivity contribution in [2.24, 2.45) is 0 Å². The second kappa shape index (κ2) is 3.94. The van der Waals surface area contributed by atoms with E-state index in [1.165, 1.54) is 0 Å². The molecule has 0 saturated heterocycles. The van der Waals surface area contributed by atoms with Gasteiger partial charge in [-0.25, -0.2) is 9.67 Å². The van der Waals surface area contributed by atoms with Gasteiger partial charge in [0, 0.05) is 12.1 Å². The Labute approximate surface area is 105 Å². The first kappa shape index (κ1) is 11.0. The Bertz CT molecular complexity index is 707. The lowest BCUT2D eigenvalue weighted by atomic mass is 10.1. The van der Waals surface area contributed by atoms with Gasteiger partial charge in [-0.1, -0.05) is 11.3 Å². The molecule has 1 N–H and O–H groups in total. The van der Waals surface area contributed by atoms with Crippen molar-refractivity contribution in [3.8, 4) is 11.3 Å². The summed E-state index contributed by atoms with van der Waals surface area (Å²) >= 11 is 0. The van der Waals surface area contributed by atoms with Gasteiger partial charge >= 0.3 is 0 Å². The van der Waals surface area contributed by atoms with Gasteiger partial charge in [0.2, 0.25) is 0 Å². The van der Waals surface area contributed by atoms with Crippen molar-refractivity contribution in [1.29, 1.82) is 0 Å². The highest BCUT2D eigenvalue weighted by Crippen LogP contribution is 2.25. The van der Waals surface area contributed by atoms with Crippen molar-refractivity contribution >= 4 is 11.0 Å². The number of hydrogen-bond donors (Lipinski definition) is 1. The standard InChI is InChI=1S/C13H15N5/c1-4-18-13(8(2)16-17-18)10-5-6-11-12(7-10)15-9(3)14-11/h5-7H,4H2,1-3H3,(H,14,15). The Morgan fingerprint density at radius 2 is 2.11 bits per heavy atom. The van der Waals surface area contributed by atoms with Crippen LogP contribution in [0.3, 0.4) is 0 Å². The zero-order valence-corrected chi connectivity index (χ0v) is 10.7. The van der Waals surface area contributed by atoms with Crippen LogP contribution in [0.2, 0.25) is 0 Å². The summed E-state index contributed by atoms with van der Waals surface area (Å²) in [6.45, 7) is 6.83. The zero-order chi connectivity index (χ0) is 12.7. The van der Waals surface area contributed by atoms with Crippen LogP contribution in [0.4, 0.5) is 0 Å². The lowest BCUT2D eigenvalue weighted by Gasteiger charge is -2.04. The number of nitrogens with zero attached hydrogens (tertiary/aromatic N) is 4. The summed E-state index contributed by atoms with van der Waals surface area (Å²) in [6, 6.07) is 6.20. The van der Waals surface area contributed by atoms with E-state index in [1.54, 1.807) is 0 Å². The number of aryl methyl sites for hydroxylation is 3. The summed E-state index contributed by atoms with van der Waals surface area (Å²) in [5.41, 5.74) is 5.19. The third kappa shape index (κ3) is 1.59. The first-order valence-electron chi connectivity index (χ1n) is 6.06. The van der Waals surface area contributed by atoms with E-state index in [0.29, 0.717) is 0 Å². The summed E-state index contributed by atoms with van der Waals surface area (Å²) in [7, 11) is 0. The molecule has 0 aliphatic rings. The van der Waals surface area contributed by atoms with Crippen molar-refractivity contribution in [1.82, 2.24) is 25.0 Å². The number of benzene rings is 1. The third-order valence-corrected chi connectivity index (χ3v) is 3.08. The molecule has 1 aromatic carbocycles. The number of H-pyrrole nitrogens is 1. The maximum atomic E-state index is 4.41. The van der Waals surface area contributed by atoms with Crippen LogP contribution >= 0.6 is 0 Å². The van der Waals surface area contributed by atoms with Gasteiger partial charge in [-0.05, 0) is 32.9 Å². The van der Waals surface area contributed by atoms with E-state index >= 15 is 0 Å². The van der Waals surface area contributed by atoms with Crippen molar-refractivity contribution in [3.63, 3.8) is 0 Å². The van der Waals surface area contributed by atoms with E-state index in [9.17, 15) is 0 Å². The van der Waals surface area contributed by atoms with Crippen LogP contribution in [-0.4, -0.2) is 25.0 Å². The zero-order valence-electron chi connectivity index (χ0n) is 10.7. The molecule has 3 aromatic rings. The van der Waals surface area contributed by atoms with E-state index in [0.717, 1.165) is 40.4 Å². The number of aromatic amines is 1. The van der Waals surface area contributed by atoms with Crippen molar-refractivity contribution < 1.29 is 0 Å². The fourth-order valence-corrected chi connectivity index (χ4v) is 2.26. The van der Waals surface area contributed by atoms with Gasteiger partial charge in [-0.2, -0.15) is 0 Å². The first-order chi connectivity index (χ1) is 8.69. The van der Waals surface area contributed by atoms with Crippen LogP contribution in [0.5, 0.6) is 0 Å². The third-order valence-electron chi connectivity index (χ3n) is 3.08. The minimum Gasteiger partial charge on any atom is -0.342 e. The van der Waals surface area contributed by atoms with Crippen molar-refractivity contribution in [2.45, 2.75) is 27.3 Å². The van der Waals surface area contributed by atoms with E-state index in [2.05, 4.69) is 39.3 Å². The lowest BCUT2D eigenvalue weighted by Crippen LogP contribution is -1.99. The molecule has 5 nitrogen and oxygen atoms in total. The number of hydrogen-bond acceptors (Lipinski definition) is 3. The monoisotopic (exact) mass is 241 g/mol. The van der Waals surface area contributed by atoms with E-state index in [1.807, 2.05) is 24.6 Å². The molecule has 0 unspecified atom stereocenters. The first-order valence-corrected chi connectivity index (χ1v) is 6.06. The van der Waals surface area contributed by atoms with Crippen LogP contribution < -0.4 is 0 Å². The summed E-state index contributed by atoms with van der Waals surface area (Å²) in [4.78, 5) is 7.66. The van der Waals surface area contributed by atoms with Gasteiger partial charge in [0.05, 0.1) is 22.4 Å². The lowest BCUT2D eigenvalue weighted by molar-refractivity contribution is 0.632. The molecule has 0 spiro atoms. The molecule has 0 saturated carbocycles. The quantitative estimate of drug-likeness (QED) is 0.749. The van der Waals surface area contributed by atoms with Crippen molar-refractivity contribution in [2.75, 3.05) is 0 Å². The van der Waals surface area contributed by atoms with Crippen LogP contribution in [0, 0.1) is 13.8 Å². The number of nitrogens with one attached hydrogen (secondary N) is 1. The minimum atomic E-state index is 0.816. The highest BCUT2D eigenvalue weighted by molar-refractivity contribution is 5.81. The van der Waals surface area contributed by atoms with Crippen molar-refractivity contribution in [3.05, 3.63) is 29.7 Å². The van der Waals surface area contributed by atoms with Gasteiger partial charge in [0.25, 0.3) is 0 Å². The summed E-state index contributed by atoms with van der Waals surface area (Å²) in [5.74, 6) is 0.931. The molecule has 0 fully saturated rings. The summed E-state index contributed by atoms with van der Waals surface area (Å²) in [5, 5.41) is 8.27. The van der Waals surface area contributed by atoms with Gasteiger partial charge in [-0.15, -0.1) is 5.10 Å². The molecule has 18 heavy (non-hydrogen) atoms. The molecule has 2 heterocycles. The second-order valence-electron chi connectivity index (χ2n) is 4.39. The van der Waals surface area contributed by atoms with E-state index in [-0.39, 0.29) is 0 Å². The molecule has 0 bridgehead atoms. The Balaban J connectivity index is 2.21. The van der Waals surface area contributed by atoms with Crippen LogP contribution in [-0.2, 0) is 6.54 Å². The molecule has 5 heteroatoms. The normalized spacial score (nSPS) is 11.3. The van der Waals surface area contributed by atoms with E-state index < -0.39 is 0 Å². The predicted octanol–water partition coefficient (Wildman–Crippen LogP) is 2.46. The van der Waals surface area contributed by atoms with E-state index in [4.69, 9.17) is 0 Å². The molecule has 0 amide bonds. The average Bonchev–Trinajstić information content (AvgIpc) is 2.89.